The highest BCUT2D eigenvalue weighted by Gasteiger charge is 2.15. The topological polar surface area (TPSA) is 55.0 Å². The van der Waals surface area contributed by atoms with E-state index in [1.807, 2.05) is 30.5 Å². The minimum atomic E-state index is 0.643. The summed E-state index contributed by atoms with van der Waals surface area (Å²) < 4.78 is 5.15. The lowest BCUT2D eigenvalue weighted by Crippen LogP contribution is -2.29. The van der Waals surface area contributed by atoms with Gasteiger partial charge >= 0.3 is 0 Å². The second-order valence-corrected chi connectivity index (χ2v) is 3.64. The molecule has 0 spiro atoms. The van der Waals surface area contributed by atoms with Crippen LogP contribution in [-0.4, -0.2) is 17.0 Å². The second kappa shape index (κ2) is 3.89. The molecule has 1 aliphatic heterocycles. The van der Waals surface area contributed by atoms with Crippen molar-refractivity contribution in [2.24, 2.45) is 10.3 Å². The molecule has 0 bridgehead atoms. The van der Waals surface area contributed by atoms with Crippen LogP contribution in [-0.2, 0) is 6.54 Å². The van der Waals surface area contributed by atoms with Gasteiger partial charge in [-0.3, -0.25) is 0 Å². The van der Waals surface area contributed by atoms with Crippen LogP contribution >= 0.6 is 0 Å². The summed E-state index contributed by atoms with van der Waals surface area (Å²) in [5, 5.41) is 14.0. The molecule has 17 heavy (non-hydrogen) atoms. The summed E-state index contributed by atoms with van der Waals surface area (Å²) in [5.74, 6) is 0.787. The van der Waals surface area contributed by atoms with Gasteiger partial charge in [-0.1, -0.05) is 6.07 Å². The van der Waals surface area contributed by atoms with E-state index < -0.39 is 0 Å². The fraction of sp³-hybridized carbons (Fsp3) is 0.182. The van der Waals surface area contributed by atoms with Gasteiger partial charge in [0, 0.05) is 11.6 Å². The Kier molecular flexibility index (Phi) is 2.25. The van der Waals surface area contributed by atoms with E-state index in [0.29, 0.717) is 6.54 Å². The van der Waals surface area contributed by atoms with Gasteiger partial charge in [0.05, 0.1) is 31.7 Å². The molecule has 6 heteroatoms. The number of ether oxygens (including phenoxy) is 1. The number of nitrogens with zero attached hydrogens (tertiary/aromatic N) is 5. The average molecular weight is 229 g/mol. The predicted molar refractivity (Wildman–Crippen MR) is 61.7 cm³/mol. The van der Waals surface area contributed by atoms with Crippen molar-refractivity contribution in [2.75, 3.05) is 12.2 Å². The van der Waals surface area contributed by atoms with Crippen molar-refractivity contribution in [1.82, 2.24) is 9.89 Å². The number of aromatic nitrogens is 2. The molecule has 86 valence electrons. The fourth-order valence-corrected chi connectivity index (χ4v) is 1.69. The Bertz CT molecular complexity index is 549. The number of hydrogen-bond acceptors (Lipinski definition) is 5. The van der Waals surface area contributed by atoms with Crippen LogP contribution in [0, 0.1) is 0 Å². The van der Waals surface area contributed by atoms with E-state index in [1.54, 1.807) is 23.2 Å². The molecular weight excluding hydrogens is 218 g/mol. The summed E-state index contributed by atoms with van der Waals surface area (Å²) in [7, 11) is 1.64. The van der Waals surface area contributed by atoms with E-state index >= 15 is 0 Å². The Morgan fingerprint density at radius 1 is 1.35 bits per heavy atom. The van der Waals surface area contributed by atoms with Gasteiger partial charge in [-0.2, -0.15) is 15.0 Å². The quantitative estimate of drug-likeness (QED) is 0.791. The lowest BCUT2D eigenvalue weighted by atomic mass is 10.1. The summed E-state index contributed by atoms with van der Waals surface area (Å²) >= 11 is 0. The molecule has 1 aromatic heterocycles. The van der Waals surface area contributed by atoms with Gasteiger partial charge in [0.1, 0.15) is 5.75 Å². The second-order valence-electron chi connectivity index (χ2n) is 3.64. The van der Waals surface area contributed by atoms with Crippen LogP contribution in [0.1, 0.15) is 5.56 Å². The third-order valence-electron chi connectivity index (χ3n) is 2.59. The lowest BCUT2D eigenvalue weighted by molar-refractivity contribution is 0.414. The zero-order valence-corrected chi connectivity index (χ0v) is 9.32. The summed E-state index contributed by atoms with van der Waals surface area (Å²) in [6.07, 6.45) is 3.53. The van der Waals surface area contributed by atoms with Crippen molar-refractivity contribution in [1.29, 1.82) is 0 Å². The Hall–Kier alpha value is -2.37. The van der Waals surface area contributed by atoms with E-state index in [1.165, 1.54) is 0 Å². The molecule has 0 atom stereocenters. The fourth-order valence-electron chi connectivity index (χ4n) is 1.69. The molecule has 0 N–H and O–H groups in total. The third-order valence-corrected chi connectivity index (χ3v) is 2.59. The van der Waals surface area contributed by atoms with Gasteiger partial charge in [0.15, 0.2) is 0 Å². The van der Waals surface area contributed by atoms with Crippen LogP contribution in [0.4, 0.5) is 5.69 Å². The molecular formula is C11H11N5O. The van der Waals surface area contributed by atoms with E-state index in [0.717, 1.165) is 17.0 Å². The van der Waals surface area contributed by atoms with Crippen LogP contribution in [0.3, 0.4) is 0 Å². The third kappa shape index (κ3) is 1.73. The summed E-state index contributed by atoms with van der Waals surface area (Å²) in [5.41, 5.74) is 1.93. The number of fused-ring (bicyclic) bond motifs is 1. The van der Waals surface area contributed by atoms with E-state index in [-0.39, 0.29) is 0 Å². The molecule has 0 aliphatic carbocycles. The summed E-state index contributed by atoms with van der Waals surface area (Å²) in [6, 6.07) is 7.63. The molecule has 0 fully saturated rings. The standard InChI is InChI=1S/C11H11N5O/c1-17-10-4-3-9-8-16(14-13-11(9)7-10)15-6-2-5-12-15/h2-7H,8H2,1H3. The first-order chi connectivity index (χ1) is 8.36. The molecule has 2 heterocycles. The maximum atomic E-state index is 5.15. The predicted octanol–water partition coefficient (Wildman–Crippen LogP) is 2.04. The normalized spacial score (nSPS) is 13.6. The molecule has 3 rings (SSSR count). The number of benzene rings is 1. The smallest absolute Gasteiger partial charge is 0.121 e. The molecule has 6 nitrogen and oxygen atoms in total. The Morgan fingerprint density at radius 3 is 3.06 bits per heavy atom. The highest BCUT2D eigenvalue weighted by molar-refractivity contribution is 5.51. The zero-order valence-electron chi connectivity index (χ0n) is 9.32. The summed E-state index contributed by atoms with van der Waals surface area (Å²) in [6.45, 7) is 0.643. The van der Waals surface area contributed by atoms with Crippen molar-refractivity contribution >= 4 is 5.69 Å². The van der Waals surface area contributed by atoms with Gasteiger partial charge in [0.2, 0.25) is 0 Å². The SMILES string of the molecule is COc1ccc2c(c1)N=NN(n1cccn1)C2. The van der Waals surface area contributed by atoms with E-state index in [4.69, 9.17) is 4.74 Å². The molecule has 0 saturated carbocycles. The minimum Gasteiger partial charge on any atom is -0.497 e. The highest BCUT2D eigenvalue weighted by Crippen LogP contribution is 2.29. The Balaban J connectivity index is 1.92. The van der Waals surface area contributed by atoms with Gasteiger partial charge in [-0.15, -0.1) is 5.11 Å². The molecule has 0 radical (unpaired) electrons. The number of methoxy groups -OCH3 is 1. The maximum absolute atomic E-state index is 5.15. The number of hydrogen-bond donors (Lipinski definition) is 0. The molecule has 1 aliphatic rings. The molecule has 0 unspecified atom stereocenters. The first-order valence-electron chi connectivity index (χ1n) is 5.23. The first-order valence-corrected chi connectivity index (χ1v) is 5.23. The van der Waals surface area contributed by atoms with E-state index in [9.17, 15) is 0 Å². The van der Waals surface area contributed by atoms with E-state index in [2.05, 4.69) is 15.4 Å². The van der Waals surface area contributed by atoms with Crippen molar-refractivity contribution in [2.45, 2.75) is 6.54 Å². The first kappa shape index (κ1) is 9.83. The van der Waals surface area contributed by atoms with Crippen LogP contribution in [0.2, 0.25) is 0 Å². The monoisotopic (exact) mass is 229 g/mol. The van der Waals surface area contributed by atoms with Crippen molar-refractivity contribution in [3.8, 4) is 5.75 Å². The van der Waals surface area contributed by atoms with Gasteiger partial charge in [-0.25, -0.2) is 0 Å². The van der Waals surface area contributed by atoms with Crippen LogP contribution in [0.15, 0.2) is 47.0 Å². The number of rotatable bonds is 2. The van der Waals surface area contributed by atoms with Crippen molar-refractivity contribution in [3.63, 3.8) is 0 Å². The Morgan fingerprint density at radius 2 is 2.29 bits per heavy atom. The van der Waals surface area contributed by atoms with Gasteiger partial charge < -0.3 is 4.74 Å². The molecule has 0 amide bonds. The van der Waals surface area contributed by atoms with Crippen LogP contribution in [0.5, 0.6) is 5.75 Å². The van der Waals surface area contributed by atoms with Crippen molar-refractivity contribution in [3.05, 3.63) is 42.2 Å². The minimum absolute atomic E-state index is 0.643. The Labute approximate surface area is 98.1 Å². The molecule has 1 aromatic carbocycles. The van der Waals surface area contributed by atoms with Crippen LogP contribution < -0.4 is 9.85 Å². The maximum Gasteiger partial charge on any atom is 0.121 e. The van der Waals surface area contributed by atoms with Gasteiger partial charge in [0.25, 0.3) is 0 Å². The van der Waals surface area contributed by atoms with Gasteiger partial charge in [-0.05, 0) is 17.4 Å². The zero-order chi connectivity index (χ0) is 11.7. The molecule has 2 aromatic rings. The molecule has 0 saturated heterocycles. The largest absolute Gasteiger partial charge is 0.497 e. The summed E-state index contributed by atoms with van der Waals surface area (Å²) in [4.78, 5) is 1.65. The average Bonchev–Trinajstić information content (AvgIpc) is 2.91. The highest BCUT2D eigenvalue weighted by atomic mass is 16.5. The lowest BCUT2D eigenvalue weighted by Gasteiger charge is -2.21. The van der Waals surface area contributed by atoms with Crippen LogP contribution in [0.25, 0.3) is 0 Å². The van der Waals surface area contributed by atoms with Crippen molar-refractivity contribution < 1.29 is 4.74 Å².